The second-order valence-electron chi connectivity index (χ2n) is 6.44. The number of rotatable bonds is 8. The molecule has 11 heteroatoms. The van der Waals surface area contributed by atoms with Crippen LogP contribution in [-0.2, 0) is 4.79 Å². The average molecular weight is 478 g/mol. The summed E-state index contributed by atoms with van der Waals surface area (Å²) in [7, 11) is 1.45. The Bertz CT molecular complexity index is 1190. The van der Waals surface area contributed by atoms with Gasteiger partial charge < -0.3 is 19.3 Å². The third-order valence-electron chi connectivity index (χ3n) is 4.22. The number of carbonyl (C=O) groups is 1. The van der Waals surface area contributed by atoms with Crippen LogP contribution >= 0.6 is 23.2 Å². The van der Waals surface area contributed by atoms with Crippen LogP contribution in [0.25, 0.3) is 12.2 Å². The van der Waals surface area contributed by atoms with Gasteiger partial charge in [0.2, 0.25) is 5.76 Å². The van der Waals surface area contributed by atoms with Crippen LogP contribution in [0.4, 0.5) is 11.4 Å². The SMILES string of the molecule is COc1cc(/C=C/c2onc(C)c2[N+](=O)[O-])ccc1OCC(=O)Nc1ccc(Cl)cc1Cl. The van der Waals surface area contributed by atoms with Gasteiger partial charge in [-0.3, -0.25) is 14.9 Å². The molecule has 3 rings (SSSR count). The van der Waals surface area contributed by atoms with Gasteiger partial charge in [-0.2, -0.15) is 0 Å². The highest BCUT2D eigenvalue weighted by atomic mass is 35.5. The lowest BCUT2D eigenvalue weighted by atomic mass is 10.1. The maximum Gasteiger partial charge on any atom is 0.338 e. The molecule has 3 aromatic rings. The molecule has 2 aromatic carbocycles. The molecule has 0 saturated carbocycles. The fraction of sp³-hybridized carbons (Fsp3) is 0.143. The highest BCUT2D eigenvalue weighted by molar-refractivity contribution is 6.36. The zero-order valence-corrected chi connectivity index (χ0v) is 18.4. The summed E-state index contributed by atoms with van der Waals surface area (Å²) in [4.78, 5) is 22.8. The fourth-order valence-electron chi connectivity index (χ4n) is 2.71. The second kappa shape index (κ2) is 10.2. The Kier molecular flexibility index (Phi) is 7.34. The standard InChI is InChI=1S/C21H17Cl2N3O6/c1-12-21(26(28)29)18(32-25-12)8-4-13-3-7-17(19(9-13)30-2)31-11-20(27)24-16-6-5-14(22)10-15(16)23/h3-10H,11H2,1-2H3,(H,24,27)/b8-4+. The number of benzene rings is 2. The first-order valence-corrected chi connectivity index (χ1v) is 9.88. The first-order valence-electron chi connectivity index (χ1n) is 9.13. The number of nitro groups is 1. The molecule has 0 fully saturated rings. The molecule has 0 aliphatic rings. The van der Waals surface area contributed by atoms with E-state index in [0.29, 0.717) is 32.8 Å². The van der Waals surface area contributed by atoms with Crippen molar-refractivity contribution >= 4 is 52.6 Å². The Balaban J connectivity index is 1.67. The van der Waals surface area contributed by atoms with Crippen molar-refractivity contribution in [3.63, 3.8) is 0 Å². The molecular weight excluding hydrogens is 461 g/mol. The summed E-state index contributed by atoms with van der Waals surface area (Å²) in [5, 5.41) is 18.1. The van der Waals surface area contributed by atoms with Gasteiger partial charge >= 0.3 is 5.69 Å². The fourth-order valence-corrected chi connectivity index (χ4v) is 3.17. The number of methoxy groups -OCH3 is 1. The number of ether oxygens (including phenoxy) is 2. The van der Waals surface area contributed by atoms with Crippen molar-refractivity contribution in [1.82, 2.24) is 5.16 Å². The van der Waals surface area contributed by atoms with Gasteiger partial charge in [0.15, 0.2) is 23.8 Å². The summed E-state index contributed by atoms with van der Waals surface area (Å²) >= 11 is 11.9. The summed E-state index contributed by atoms with van der Waals surface area (Å²) < 4.78 is 15.9. The topological polar surface area (TPSA) is 117 Å². The molecular formula is C21H17Cl2N3O6. The van der Waals surface area contributed by atoms with Crippen molar-refractivity contribution in [2.45, 2.75) is 6.92 Å². The van der Waals surface area contributed by atoms with E-state index in [4.69, 9.17) is 37.2 Å². The minimum Gasteiger partial charge on any atom is -0.493 e. The molecule has 0 bridgehead atoms. The quantitative estimate of drug-likeness (QED) is 0.341. The number of aryl methyl sites for hydroxylation is 1. The molecule has 0 aliphatic heterocycles. The second-order valence-corrected chi connectivity index (χ2v) is 7.29. The van der Waals surface area contributed by atoms with E-state index in [0.717, 1.165) is 0 Å². The Morgan fingerprint density at radius 2 is 2.00 bits per heavy atom. The minimum absolute atomic E-state index is 0.0318. The van der Waals surface area contributed by atoms with Gasteiger partial charge in [0.25, 0.3) is 5.91 Å². The van der Waals surface area contributed by atoms with Crippen molar-refractivity contribution in [2.24, 2.45) is 0 Å². The smallest absolute Gasteiger partial charge is 0.338 e. The van der Waals surface area contributed by atoms with E-state index >= 15 is 0 Å². The van der Waals surface area contributed by atoms with Gasteiger partial charge in [0.1, 0.15) is 0 Å². The molecule has 32 heavy (non-hydrogen) atoms. The highest BCUT2D eigenvalue weighted by Gasteiger charge is 2.22. The highest BCUT2D eigenvalue weighted by Crippen LogP contribution is 2.30. The molecule has 0 spiro atoms. The lowest BCUT2D eigenvalue weighted by Gasteiger charge is -2.12. The molecule has 0 aliphatic carbocycles. The van der Waals surface area contributed by atoms with E-state index in [-0.39, 0.29) is 23.7 Å². The molecule has 1 amide bonds. The average Bonchev–Trinajstić information content (AvgIpc) is 3.13. The first kappa shape index (κ1) is 23.1. The van der Waals surface area contributed by atoms with Crippen LogP contribution in [0.5, 0.6) is 11.5 Å². The molecule has 0 saturated heterocycles. The number of hydrogen-bond acceptors (Lipinski definition) is 7. The van der Waals surface area contributed by atoms with E-state index in [2.05, 4.69) is 10.5 Å². The van der Waals surface area contributed by atoms with Gasteiger partial charge in [-0.25, -0.2) is 0 Å². The molecule has 0 atom stereocenters. The molecule has 1 heterocycles. The third kappa shape index (κ3) is 5.57. The van der Waals surface area contributed by atoms with Gasteiger partial charge in [0.05, 0.1) is 22.7 Å². The third-order valence-corrected chi connectivity index (χ3v) is 4.77. The number of amides is 1. The van der Waals surface area contributed by atoms with Crippen LogP contribution in [0, 0.1) is 17.0 Å². The van der Waals surface area contributed by atoms with Crippen molar-refractivity contribution in [3.05, 3.63) is 73.6 Å². The van der Waals surface area contributed by atoms with E-state index in [1.807, 2.05) is 0 Å². The molecule has 9 nitrogen and oxygen atoms in total. The van der Waals surface area contributed by atoms with Crippen molar-refractivity contribution in [2.75, 3.05) is 19.0 Å². The van der Waals surface area contributed by atoms with Crippen LogP contribution in [0.1, 0.15) is 17.0 Å². The Morgan fingerprint density at radius 1 is 1.22 bits per heavy atom. The number of hydrogen-bond donors (Lipinski definition) is 1. The van der Waals surface area contributed by atoms with Crippen molar-refractivity contribution in [1.29, 1.82) is 0 Å². The Hall–Kier alpha value is -3.56. The maximum atomic E-state index is 12.2. The lowest BCUT2D eigenvalue weighted by molar-refractivity contribution is -0.386. The predicted molar refractivity (Wildman–Crippen MR) is 120 cm³/mol. The van der Waals surface area contributed by atoms with Gasteiger partial charge in [-0.05, 0) is 48.9 Å². The van der Waals surface area contributed by atoms with Crippen LogP contribution in [0.15, 0.2) is 40.9 Å². The van der Waals surface area contributed by atoms with Crippen LogP contribution in [0.3, 0.4) is 0 Å². The van der Waals surface area contributed by atoms with E-state index in [1.54, 1.807) is 36.4 Å². The number of aromatic nitrogens is 1. The van der Waals surface area contributed by atoms with Crippen LogP contribution in [0.2, 0.25) is 10.0 Å². The first-order chi connectivity index (χ1) is 15.3. The number of halogens is 2. The lowest BCUT2D eigenvalue weighted by Crippen LogP contribution is -2.20. The Labute approximate surface area is 192 Å². The van der Waals surface area contributed by atoms with Crippen molar-refractivity contribution < 1.29 is 23.7 Å². The summed E-state index contributed by atoms with van der Waals surface area (Å²) in [5.74, 6) is 0.314. The summed E-state index contributed by atoms with van der Waals surface area (Å²) in [6.07, 6.45) is 3.05. The number of nitrogens with zero attached hydrogens (tertiary/aromatic N) is 2. The molecule has 0 radical (unpaired) electrons. The van der Waals surface area contributed by atoms with E-state index in [1.165, 1.54) is 26.2 Å². The summed E-state index contributed by atoms with van der Waals surface area (Å²) in [6, 6.07) is 9.66. The predicted octanol–water partition coefficient (Wildman–Crippen LogP) is 5.39. The maximum absolute atomic E-state index is 12.2. The normalized spacial score (nSPS) is 10.9. The number of anilines is 1. The monoisotopic (exact) mass is 477 g/mol. The number of carbonyl (C=O) groups excluding carboxylic acids is 1. The summed E-state index contributed by atoms with van der Waals surface area (Å²) in [6.45, 7) is 1.21. The van der Waals surface area contributed by atoms with Crippen LogP contribution in [-0.4, -0.2) is 29.7 Å². The van der Waals surface area contributed by atoms with Gasteiger partial charge in [0, 0.05) is 5.02 Å². The van der Waals surface area contributed by atoms with Gasteiger partial charge in [-0.15, -0.1) is 0 Å². The van der Waals surface area contributed by atoms with E-state index < -0.39 is 10.8 Å². The largest absolute Gasteiger partial charge is 0.493 e. The van der Waals surface area contributed by atoms with Crippen molar-refractivity contribution in [3.8, 4) is 11.5 Å². The zero-order valence-electron chi connectivity index (χ0n) is 16.9. The van der Waals surface area contributed by atoms with Gasteiger partial charge in [-0.1, -0.05) is 40.5 Å². The minimum atomic E-state index is -0.550. The number of nitrogens with one attached hydrogen (secondary N) is 1. The molecule has 0 unspecified atom stereocenters. The van der Waals surface area contributed by atoms with E-state index in [9.17, 15) is 14.9 Å². The molecule has 166 valence electrons. The Morgan fingerprint density at radius 3 is 2.69 bits per heavy atom. The molecule has 1 aromatic heterocycles. The van der Waals surface area contributed by atoms with Crippen LogP contribution < -0.4 is 14.8 Å². The molecule has 1 N–H and O–H groups in total. The summed E-state index contributed by atoms with van der Waals surface area (Å²) in [5.41, 5.74) is 1.07. The zero-order chi connectivity index (χ0) is 23.3.